The van der Waals surface area contributed by atoms with Crippen LogP contribution < -0.4 is 10.7 Å². The Labute approximate surface area is 168 Å². The SMILES string of the molecule is O=C(NCc1ccc(F)cc1F)c1cn2c(c(O)c1=O)C(=O)N1CC(F)CCC2C1. The lowest BCUT2D eigenvalue weighted by molar-refractivity contribution is 0.0646. The average molecular weight is 421 g/mol. The molecule has 1 saturated heterocycles. The summed E-state index contributed by atoms with van der Waals surface area (Å²) in [5.41, 5.74) is -1.74. The van der Waals surface area contributed by atoms with E-state index in [0.717, 1.165) is 12.1 Å². The van der Waals surface area contributed by atoms with Crippen molar-refractivity contribution < 1.29 is 27.9 Å². The van der Waals surface area contributed by atoms with Crippen LogP contribution >= 0.6 is 0 Å². The van der Waals surface area contributed by atoms with E-state index in [2.05, 4.69) is 5.32 Å². The normalized spacial score (nSPS) is 20.5. The maximum Gasteiger partial charge on any atom is 0.274 e. The van der Waals surface area contributed by atoms with Crippen molar-refractivity contribution in [3.8, 4) is 5.75 Å². The van der Waals surface area contributed by atoms with Gasteiger partial charge in [-0.2, -0.15) is 0 Å². The first kappa shape index (κ1) is 20.0. The molecule has 10 heteroatoms. The number of carbonyl (C=O) groups is 2. The number of hydrogen-bond acceptors (Lipinski definition) is 4. The van der Waals surface area contributed by atoms with Gasteiger partial charge >= 0.3 is 0 Å². The summed E-state index contributed by atoms with van der Waals surface area (Å²) in [7, 11) is 0. The quantitative estimate of drug-likeness (QED) is 0.792. The Balaban J connectivity index is 1.66. The fraction of sp³-hybridized carbons (Fsp3) is 0.350. The fourth-order valence-corrected chi connectivity index (χ4v) is 3.88. The number of pyridine rings is 1. The number of aromatic hydroxyl groups is 1. The number of alkyl halides is 1. The van der Waals surface area contributed by atoms with E-state index in [0.29, 0.717) is 12.5 Å². The lowest BCUT2D eigenvalue weighted by atomic mass is 10.1. The summed E-state index contributed by atoms with van der Waals surface area (Å²) in [6, 6.07) is 2.47. The van der Waals surface area contributed by atoms with Crippen LogP contribution in [-0.4, -0.2) is 45.6 Å². The number of aromatic nitrogens is 1. The number of carbonyl (C=O) groups excluding carboxylic acids is 2. The molecule has 1 fully saturated rings. The molecule has 2 atom stereocenters. The maximum absolute atomic E-state index is 13.9. The molecule has 2 bridgehead atoms. The summed E-state index contributed by atoms with van der Waals surface area (Å²) < 4.78 is 42.0. The van der Waals surface area contributed by atoms with Crippen molar-refractivity contribution in [2.45, 2.75) is 31.6 Å². The lowest BCUT2D eigenvalue weighted by Gasteiger charge is -2.34. The largest absolute Gasteiger partial charge is 0.503 e. The van der Waals surface area contributed by atoms with Crippen LogP contribution in [0.3, 0.4) is 0 Å². The van der Waals surface area contributed by atoms with Gasteiger partial charge in [-0.1, -0.05) is 6.07 Å². The Morgan fingerprint density at radius 2 is 1.97 bits per heavy atom. The molecule has 0 spiro atoms. The zero-order valence-electron chi connectivity index (χ0n) is 15.7. The molecule has 158 valence electrons. The van der Waals surface area contributed by atoms with Gasteiger partial charge in [0, 0.05) is 30.9 Å². The minimum atomic E-state index is -1.21. The molecular weight excluding hydrogens is 403 g/mol. The molecule has 3 heterocycles. The number of fused-ring (bicyclic) bond motifs is 4. The van der Waals surface area contributed by atoms with Gasteiger partial charge < -0.3 is 19.9 Å². The molecule has 2 unspecified atom stereocenters. The summed E-state index contributed by atoms with van der Waals surface area (Å²) in [6.45, 7) is -0.225. The summed E-state index contributed by atoms with van der Waals surface area (Å²) in [5, 5.41) is 12.7. The summed E-state index contributed by atoms with van der Waals surface area (Å²) in [5.74, 6) is -4.07. The van der Waals surface area contributed by atoms with E-state index in [1.165, 1.54) is 15.7 Å². The second-order valence-corrected chi connectivity index (χ2v) is 7.43. The second-order valence-electron chi connectivity index (χ2n) is 7.43. The van der Waals surface area contributed by atoms with Crippen LogP contribution in [-0.2, 0) is 6.54 Å². The van der Waals surface area contributed by atoms with Crippen LogP contribution in [0.1, 0.15) is 45.3 Å². The zero-order valence-corrected chi connectivity index (χ0v) is 15.7. The third-order valence-corrected chi connectivity index (χ3v) is 5.46. The van der Waals surface area contributed by atoms with Crippen molar-refractivity contribution in [1.29, 1.82) is 0 Å². The molecule has 30 heavy (non-hydrogen) atoms. The first-order valence-corrected chi connectivity index (χ1v) is 9.40. The lowest BCUT2D eigenvalue weighted by Crippen LogP contribution is -2.45. The molecule has 0 aliphatic carbocycles. The first-order chi connectivity index (χ1) is 14.3. The molecule has 2 aromatic rings. The number of nitrogens with zero attached hydrogens (tertiary/aromatic N) is 2. The Bertz CT molecular complexity index is 1100. The van der Waals surface area contributed by atoms with Gasteiger partial charge in [0.05, 0.1) is 12.6 Å². The van der Waals surface area contributed by atoms with E-state index in [1.807, 2.05) is 0 Å². The van der Waals surface area contributed by atoms with Crippen LogP contribution in [0.15, 0.2) is 29.2 Å². The fourth-order valence-electron chi connectivity index (χ4n) is 3.88. The van der Waals surface area contributed by atoms with Gasteiger partial charge in [0.25, 0.3) is 11.8 Å². The van der Waals surface area contributed by atoms with Gasteiger partial charge in [-0.3, -0.25) is 14.4 Å². The average Bonchev–Trinajstić information content (AvgIpc) is 2.87. The van der Waals surface area contributed by atoms with E-state index >= 15 is 0 Å². The van der Waals surface area contributed by atoms with Crippen molar-refractivity contribution >= 4 is 11.8 Å². The highest BCUT2D eigenvalue weighted by Gasteiger charge is 2.38. The second kappa shape index (κ2) is 7.51. The predicted molar refractivity (Wildman–Crippen MR) is 99.0 cm³/mol. The van der Waals surface area contributed by atoms with Gasteiger partial charge in [0.2, 0.25) is 5.43 Å². The number of rotatable bonds is 3. The van der Waals surface area contributed by atoms with Gasteiger partial charge in [-0.15, -0.1) is 0 Å². The van der Waals surface area contributed by atoms with E-state index in [-0.39, 0.29) is 37.3 Å². The third kappa shape index (κ3) is 3.42. The Hall–Kier alpha value is -3.30. The standard InChI is InChI=1S/C20H18F3N3O4/c21-11-2-1-10(15(23)5-11)6-24-19(29)14-9-26-13-4-3-12(22)7-25(8-13)20(30)16(26)18(28)17(14)27/h1-2,5,9,12-13,28H,3-4,6-8H2,(H,24,29). The molecule has 1 aromatic carbocycles. The highest BCUT2D eigenvalue weighted by Crippen LogP contribution is 2.32. The number of hydrogen-bond donors (Lipinski definition) is 2. The first-order valence-electron chi connectivity index (χ1n) is 9.40. The van der Waals surface area contributed by atoms with E-state index < -0.39 is 52.4 Å². The van der Waals surface area contributed by atoms with E-state index in [9.17, 15) is 32.7 Å². The number of halogens is 3. The number of nitrogens with one attached hydrogen (secondary N) is 1. The molecular formula is C20H18F3N3O4. The van der Waals surface area contributed by atoms with Crippen LogP contribution in [0.5, 0.6) is 5.75 Å². The molecule has 2 N–H and O–H groups in total. The van der Waals surface area contributed by atoms with Crippen molar-refractivity contribution in [2.75, 3.05) is 13.1 Å². The highest BCUT2D eigenvalue weighted by atomic mass is 19.1. The Kier molecular flexibility index (Phi) is 5.00. The van der Waals surface area contributed by atoms with Crippen LogP contribution in [0.4, 0.5) is 13.2 Å². The smallest absolute Gasteiger partial charge is 0.274 e. The van der Waals surface area contributed by atoms with Crippen molar-refractivity contribution in [3.05, 3.63) is 63.1 Å². The molecule has 2 aliphatic heterocycles. The Morgan fingerprint density at radius 3 is 2.70 bits per heavy atom. The van der Waals surface area contributed by atoms with Crippen LogP contribution in [0.2, 0.25) is 0 Å². The van der Waals surface area contributed by atoms with Gasteiger partial charge in [0.1, 0.15) is 23.4 Å². The molecule has 0 radical (unpaired) electrons. The Morgan fingerprint density at radius 1 is 1.20 bits per heavy atom. The third-order valence-electron chi connectivity index (χ3n) is 5.46. The molecule has 4 rings (SSSR count). The van der Waals surface area contributed by atoms with E-state index in [4.69, 9.17) is 0 Å². The minimum absolute atomic E-state index is 0.00982. The molecule has 2 amide bonds. The summed E-state index contributed by atoms with van der Waals surface area (Å²) >= 11 is 0. The minimum Gasteiger partial charge on any atom is -0.503 e. The topological polar surface area (TPSA) is 91.6 Å². The zero-order chi connectivity index (χ0) is 21.6. The molecule has 2 aliphatic rings. The molecule has 7 nitrogen and oxygen atoms in total. The highest BCUT2D eigenvalue weighted by molar-refractivity contribution is 5.99. The van der Waals surface area contributed by atoms with Crippen molar-refractivity contribution in [2.24, 2.45) is 0 Å². The van der Waals surface area contributed by atoms with Crippen LogP contribution in [0.25, 0.3) is 0 Å². The molecule has 1 aromatic heterocycles. The van der Waals surface area contributed by atoms with Crippen molar-refractivity contribution in [1.82, 2.24) is 14.8 Å². The summed E-state index contributed by atoms with van der Waals surface area (Å²) in [4.78, 5) is 39.0. The maximum atomic E-state index is 13.9. The summed E-state index contributed by atoms with van der Waals surface area (Å²) in [6.07, 6.45) is 0.525. The molecule has 0 saturated carbocycles. The van der Waals surface area contributed by atoms with Crippen LogP contribution in [0, 0.1) is 11.6 Å². The van der Waals surface area contributed by atoms with Gasteiger partial charge in [-0.05, 0) is 18.9 Å². The van der Waals surface area contributed by atoms with Gasteiger partial charge in [0.15, 0.2) is 11.4 Å². The van der Waals surface area contributed by atoms with E-state index in [1.54, 1.807) is 0 Å². The number of benzene rings is 1. The van der Waals surface area contributed by atoms with Crippen molar-refractivity contribution in [3.63, 3.8) is 0 Å². The monoisotopic (exact) mass is 421 g/mol. The number of amides is 2. The predicted octanol–water partition coefficient (Wildman–Crippen LogP) is 1.89. The van der Waals surface area contributed by atoms with Gasteiger partial charge in [-0.25, -0.2) is 13.2 Å².